The van der Waals surface area contributed by atoms with Crippen molar-refractivity contribution in [1.82, 2.24) is 29.5 Å². The molecule has 0 spiro atoms. The van der Waals surface area contributed by atoms with Crippen molar-refractivity contribution in [2.75, 3.05) is 5.32 Å². The number of amides is 1. The van der Waals surface area contributed by atoms with Gasteiger partial charge in [0, 0.05) is 12.5 Å². The average molecular weight is 458 g/mol. The molecule has 0 aliphatic heterocycles. The van der Waals surface area contributed by atoms with E-state index in [0.717, 1.165) is 28.8 Å². The minimum absolute atomic E-state index is 0.0168. The Morgan fingerprint density at radius 2 is 1.91 bits per heavy atom. The maximum Gasteiger partial charge on any atom is 0.225 e. The number of carbonyl (C=O) groups is 1. The third-order valence-corrected chi connectivity index (χ3v) is 6.95. The van der Waals surface area contributed by atoms with E-state index < -0.39 is 0 Å². The summed E-state index contributed by atoms with van der Waals surface area (Å²) >= 11 is 0. The molecule has 3 aromatic heterocycles. The molecule has 8 nitrogen and oxygen atoms in total. The van der Waals surface area contributed by atoms with E-state index in [4.69, 9.17) is 0 Å². The first kappa shape index (κ1) is 22.3. The first-order chi connectivity index (χ1) is 16.5. The van der Waals surface area contributed by atoms with Crippen LogP contribution in [0.4, 0.5) is 5.82 Å². The van der Waals surface area contributed by atoms with Crippen LogP contribution in [-0.4, -0.2) is 35.4 Å². The quantitative estimate of drug-likeness (QED) is 0.428. The van der Waals surface area contributed by atoms with Crippen LogP contribution in [0.5, 0.6) is 0 Å². The molecule has 0 bridgehead atoms. The monoisotopic (exact) mass is 457 g/mol. The third-order valence-electron chi connectivity index (χ3n) is 6.95. The van der Waals surface area contributed by atoms with E-state index >= 15 is 0 Å². The molecule has 5 rings (SSSR count). The Hall–Kier alpha value is -3.55. The summed E-state index contributed by atoms with van der Waals surface area (Å²) in [6.45, 7) is 6.07. The van der Waals surface area contributed by atoms with E-state index in [9.17, 15) is 4.79 Å². The number of rotatable bonds is 6. The number of aryl methyl sites for hydroxylation is 2. The van der Waals surface area contributed by atoms with Crippen LogP contribution in [0.2, 0.25) is 0 Å². The lowest BCUT2D eigenvalue weighted by atomic mass is 9.86. The Balaban J connectivity index is 1.44. The lowest BCUT2D eigenvalue weighted by Gasteiger charge is -2.21. The van der Waals surface area contributed by atoms with Crippen molar-refractivity contribution < 1.29 is 4.79 Å². The average Bonchev–Trinajstić information content (AvgIpc) is 3.43. The van der Waals surface area contributed by atoms with Gasteiger partial charge >= 0.3 is 0 Å². The molecule has 176 valence electrons. The fourth-order valence-corrected chi connectivity index (χ4v) is 4.91. The van der Waals surface area contributed by atoms with Gasteiger partial charge in [-0.25, -0.2) is 14.6 Å². The summed E-state index contributed by atoms with van der Waals surface area (Å²) in [6, 6.07) is 8.01. The number of aromatic nitrogens is 6. The van der Waals surface area contributed by atoms with Crippen LogP contribution in [0.3, 0.4) is 0 Å². The highest BCUT2D eigenvalue weighted by Gasteiger charge is 2.19. The van der Waals surface area contributed by atoms with Gasteiger partial charge in [-0.3, -0.25) is 4.79 Å². The van der Waals surface area contributed by atoms with Crippen molar-refractivity contribution in [2.45, 2.75) is 65.7 Å². The van der Waals surface area contributed by atoms with Crippen LogP contribution >= 0.6 is 0 Å². The van der Waals surface area contributed by atoms with E-state index in [2.05, 4.69) is 45.4 Å². The van der Waals surface area contributed by atoms with Crippen molar-refractivity contribution in [3.63, 3.8) is 0 Å². The van der Waals surface area contributed by atoms with E-state index in [1.807, 2.05) is 29.8 Å². The van der Waals surface area contributed by atoms with Crippen molar-refractivity contribution in [2.24, 2.45) is 5.92 Å². The van der Waals surface area contributed by atoms with Crippen LogP contribution < -0.4 is 5.32 Å². The minimum atomic E-state index is 0.0168. The number of nitrogens with one attached hydrogen (secondary N) is 1. The maximum absolute atomic E-state index is 12.8. The van der Waals surface area contributed by atoms with Crippen molar-refractivity contribution >= 4 is 22.8 Å². The Labute approximate surface area is 199 Å². The predicted molar refractivity (Wildman–Crippen MR) is 132 cm³/mol. The number of hydrogen-bond donors (Lipinski definition) is 1. The predicted octanol–water partition coefficient (Wildman–Crippen LogP) is 5.23. The highest BCUT2D eigenvalue weighted by Crippen LogP contribution is 2.28. The molecule has 1 N–H and O–H groups in total. The van der Waals surface area contributed by atoms with E-state index in [0.29, 0.717) is 29.6 Å². The minimum Gasteiger partial charge on any atom is -0.311 e. The SMILES string of the molecule is Cc1cc(NC(=O)CCC2CCCCC2)n(-c2ncnc3c2cnn3-c2cccc(C)c2C)n1. The highest BCUT2D eigenvalue weighted by molar-refractivity contribution is 5.91. The summed E-state index contributed by atoms with van der Waals surface area (Å²) in [4.78, 5) is 21.8. The summed E-state index contributed by atoms with van der Waals surface area (Å²) in [5.74, 6) is 1.90. The normalized spacial score (nSPS) is 14.6. The molecular weight excluding hydrogens is 426 g/mol. The first-order valence-electron chi connectivity index (χ1n) is 12.1. The smallest absolute Gasteiger partial charge is 0.225 e. The second kappa shape index (κ2) is 9.37. The van der Waals surface area contributed by atoms with Crippen molar-refractivity contribution in [3.8, 4) is 11.5 Å². The van der Waals surface area contributed by atoms with Gasteiger partial charge < -0.3 is 5.32 Å². The summed E-state index contributed by atoms with van der Waals surface area (Å²) in [5.41, 5.74) is 4.81. The lowest BCUT2D eigenvalue weighted by molar-refractivity contribution is -0.116. The molecule has 0 atom stereocenters. The number of carbonyl (C=O) groups excluding carboxylic acids is 1. The highest BCUT2D eigenvalue weighted by atomic mass is 16.1. The number of benzene rings is 1. The molecule has 1 aliphatic carbocycles. The van der Waals surface area contributed by atoms with Crippen LogP contribution in [0.25, 0.3) is 22.5 Å². The largest absolute Gasteiger partial charge is 0.311 e. The van der Waals surface area contributed by atoms with Crippen LogP contribution in [-0.2, 0) is 4.79 Å². The van der Waals surface area contributed by atoms with Gasteiger partial charge in [0.25, 0.3) is 0 Å². The van der Waals surface area contributed by atoms with Gasteiger partial charge in [-0.15, -0.1) is 0 Å². The van der Waals surface area contributed by atoms with Gasteiger partial charge in [0.1, 0.15) is 12.1 Å². The van der Waals surface area contributed by atoms with E-state index in [1.165, 1.54) is 44.0 Å². The third kappa shape index (κ3) is 4.32. The summed E-state index contributed by atoms with van der Waals surface area (Å²) in [6.07, 6.45) is 11.1. The Bertz CT molecular complexity index is 1330. The summed E-state index contributed by atoms with van der Waals surface area (Å²) in [5, 5.41) is 13.1. The van der Waals surface area contributed by atoms with Gasteiger partial charge in [0.05, 0.1) is 23.0 Å². The standard InChI is InChI=1S/C26H31N7O/c1-17-8-7-11-22(19(17)3)32-25-21(15-29-32)26(28-16-27-25)33-23(14-18(2)31-33)30-24(34)13-12-20-9-5-4-6-10-20/h7-8,11,14-16,20H,4-6,9-10,12-13H2,1-3H3,(H,30,34). The Morgan fingerprint density at radius 3 is 2.74 bits per heavy atom. The van der Waals surface area contributed by atoms with Crippen molar-refractivity contribution in [3.05, 3.63) is 53.6 Å². The molecule has 0 saturated heterocycles. The molecular formula is C26H31N7O. The fourth-order valence-electron chi connectivity index (χ4n) is 4.91. The van der Waals surface area contributed by atoms with Crippen LogP contribution in [0.15, 0.2) is 36.8 Å². The van der Waals surface area contributed by atoms with Crippen molar-refractivity contribution in [1.29, 1.82) is 0 Å². The number of fused-ring (bicyclic) bond motifs is 1. The van der Waals surface area contributed by atoms with Crippen LogP contribution in [0.1, 0.15) is 61.8 Å². The molecule has 0 unspecified atom stereocenters. The Kier molecular flexibility index (Phi) is 6.13. The molecule has 1 aromatic carbocycles. The van der Waals surface area contributed by atoms with Crippen LogP contribution in [0, 0.1) is 26.7 Å². The number of nitrogens with zero attached hydrogens (tertiary/aromatic N) is 6. The molecule has 1 amide bonds. The van der Waals surface area contributed by atoms with E-state index in [1.54, 1.807) is 10.9 Å². The second-order valence-electron chi connectivity index (χ2n) is 9.38. The molecule has 0 radical (unpaired) electrons. The molecule has 4 aromatic rings. The molecule has 1 saturated carbocycles. The van der Waals surface area contributed by atoms with Gasteiger partial charge in [-0.2, -0.15) is 14.9 Å². The second-order valence-corrected chi connectivity index (χ2v) is 9.38. The topological polar surface area (TPSA) is 90.5 Å². The zero-order valence-electron chi connectivity index (χ0n) is 20.1. The van der Waals surface area contributed by atoms with E-state index in [-0.39, 0.29) is 5.91 Å². The van der Waals surface area contributed by atoms with Gasteiger partial charge in [-0.05, 0) is 50.3 Å². The van der Waals surface area contributed by atoms with Gasteiger partial charge in [0.2, 0.25) is 5.91 Å². The molecule has 8 heteroatoms. The molecule has 1 aliphatic rings. The Morgan fingerprint density at radius 1 is 1.09 bits per heavy atom. The summed E-state index contributed by atoms with van der Waals surface area (Å²) < 4.78 is 3.52. The zero-order chi connectivity index (χ0) is 23.7. The van der Waals surface area contributed by atoms with Gasteiger partial charge in [0.15, 0.2) is 11.5 Å². The summed E-state index contributed by atoms with van der Waals surface area (Å²) in [7, 11) is 0. The van der Waals surface area contributed by atoms with Gasteiger partial charge in [-0.1, -0.05) is 44.2 Å². The fraction of sp³-hybridized carbons (Fsp3) is 0.423. The molecule has 3 heterocycles. The zero-order valence-corrected chi connectivity index (χ0v) is 20.1. The number of hydrogen-bond acceptors (Lipinski definition) is 5. The molecule has 34 heavy (non-hydrogen) atoms. The number of anilines is 1. The lowest BCUT2D eigenvalue weighted by Crippen LogP contribution is -2.17. The maximum atomic E-state index is 12.8. The first-order valence-corrected chi connectivity index (χ1v) is 12.1. The molecule has 1 fully saturated rings.